The monoisotopic (exact) mass is 420 g/mol. The zero-order valence-corrected chi connectivity index (χ0v) is 17.1. The van der Waals surface area contributed by atoms with Gasteiger partial charge in [-0.15, -0.1) is 11.3 Å². The Morgan fingerprint density at radius 3 is 2.79 bits per heavy atom. The van der Waals surface area contributed by atoms with Gasteiger partial charge in [-0.1, -0.05) is 23.7 Å². The number of aryl methyl sites for hydroxylation is 1. The molecule has 3 rings (SSSR count). The zero-order valence-electron chi connectivity index (χ0n) is 15.6. The Morgan fingerprint density at radius 1 is 1.32 bits per heavy atom. The van der Waals surface area contributed by atoms with Crippen LogP contribution in [0.2, 0.25) is 5.02 Å². The number of aromatic nitrogens is 3. The molecule has 1 atom stereocenters. The highest BCUT2D eigenvalue weighted by Crippen LogP contribution is 2.35. The molecule has 2 aromatic heterocycles. The van der Waals surface area contributed by atoms with Crippen LogP contribution in [0, 0.1) is 0 Å². The zero-order chi connectivity index (χ0) is 20.1. The van der Waals surface area contributed by atoms with Gasteiger partial charge in [0.1, 0.15) is 0 Å². The van der Waals surface area contributed by atoms with Crippen molar-refractivity contribution in [3.8, 4) is 0 Å². The molecule has 0 saturated heterocycles. The number of rotatable bonds is 8. The van der Waals surface area contributed by atoms with Crippen molar-refractivity contribution in [2.24, 2.45) is 7.05 Å². The highest BCUT2D eigenvalue weighted by molar-refractivity contribution is 7.15. The predicted molar refractivity (Wildman–Crippen MR) is 112 cm³/mol. The fourth-order valence-corrected chi connectivity index (χ4v) is 3.93. The summed E-state index contributed by atoms with van der Waals surface area (Å²) in [6, 6.07) is 7.31. The van der Waals surface area contributed by atoms with Crippen molar-refractivity contribution in [1.29, 1.82) is 0 Å². The van der Waals surface area contributed by atoms with Gasteiger partial charge in [0.15, 0.2) is 5.13 Å². The van der Waals surface area contributed by atoms with Crippen molar-refractivity contribution in [3.63, 3.8) is 0 Å². The maximum Gasteiger partial charge on any atom is 0.328 e. The summed E-state index contributed by atoms with van der Waals surface area (Å²) in [6.45, 7) is 3.85. The summed E-state index contributed by atoms with van der Waals surface area (Å²) in [5.74, 6) is -0.368. The molecule has 2 N–H and O–H groups in total. The first kappa shape index (κ1) is 20.3. The number of halogens is 1. The third kappa shape index (κ3) is 4.70. The van der Waals surface area contributed by atoms with Crippen LogP contribution in [0.5, 0.6) is 0 Å². The summed E-state index contributed by atoms with van der Waals surface area (Å²) in [7, 11) is 1.61. The second kappa shape index (κ2) is 9.18. The number of anilines is 1. The minimum absolute atomic E-state index is 0.368. The minimum Gasteiger partial charge on any atom is -0.380 e. The van der Waals surface area contributed by atoms with E-state index in [0.29, 0.717) is 30.3 Å². The molecule has 3 aromatic rings. The fourth-order valence-electron chi connectivity index (χ4n) is 2.82. The Morgan fingerprint density at radius 2 is 2.07 bits per heavy atom. The molecule has 0 bridgehead atoms. The number of ether oxygens (including phenoxy) is 1. The molecule has 1 unspecified atom stereocenters. The number of nitrogens with zero attached hydrogens (tertiary/aromatic N) is 2. The standard InChI is InChI=1S/C19H21ClN4O3S/c1-3-27-9-8-21-18-22-10-15(28-18)16(12-4-6-13(20)7-5-12)14-11-24(2)19(26)23-17(14)25/h4-7,10-11,16H,3,8-9H2,1-2H3,(H,21,22)(H,23,25,26). The van der Waals surface area contributed by atoms with Crippen LogP contribution in [0.15, 0.2) is 46.2 Å². The summed E-state index contributed by atoms with van der Waals surface area (Å²) in [4.78, 5) is 32.0. The van der Waals surface area contributed by atoms with Gasteiger partial charge in [0, 0.05) is 48.1 Å². The Hall–Kier alpha value is -2.42. The molecule has 9 heteroatoms. The molecule has 0 spiro atoms. The van der Waals surface area contributed by atoms with E-state index in [2.05, 4.69) is 15.3 Å². The molecule has 1 aromatic carbocycles. The van der Waals surface area contributed by atoms with Crippen LogP contribution < -0.4 is 16.6 Å². The molecule has 7 nitrogen and oxygen atoms in total. The van der Waals surface area contributed by atoms with Crippen molar-refractivity contribution in [1.82, 2.24) is 14.5 Å². The van der Waals surface area contributed by atoms with E-state index in [1.165, 1.54) is 15.9 Å². The highest BCUT2D eigenvalue weighted by atomic mass is 35.5. The van der Waals surface area contributed by atoms with Gasteiger partial charge in [0.25, 0.3) is 5.56 Å². The number of benzene rings is 1. The van der Waals surface area contributed by atoms with E-state index in [4.69, 9.17) is 16.3 Å². The normalized spacial score (nSPS) is 12.1. The number of hydrogen-bond acceptors (Lipinski definition) is 6. The van der Waals surface area contributed by atoms with Crippen LogP contribution >= 0.6 is 22.9 Å². The van der Waals surface area contributed by atoms with E-state index in [9.17, 15) is 9.59 Å². The largest absolute Gasteiger partial charge is 0.380 e. The predicted octanol–water partition coefficient (Wildman–Crippen LogP) is 2.81. The lowest BCUT2D eigenvalue weighted by molar-refractivity contribution is 0.158. The smallest absolute Gasteiger partial charge is 0.328 e. The van der Waals surface area contributed by atoms with E-state index in [1.807, 2.05) is 19.1 Å². The number of hydrogen-bond donors (Lipinski definition) is 2. The van der Waals surface area contributed by atoms with Gasteiger partial charge in [0.05, 0.1) is 12.5 Å². The molecule has 0 amide bonds. The quantitative estimate of drug-likeness (QED) is 0.547. The van der Waals surface area contributed by atoms with Crippen LogP contribution in [0.1, 0.15) is 28.8 Å². The second-order valence-electron chi connectivity index (χ2n) is 6.13. The van der Waals surface area contributed by atoms with Crippen molar-refractivity contribution in [3.05, 3.63) is 78.5 Å². The van der Waals surface area contributed by atoms with Crippen LogP contribution in [0.25, 0.3) is 0 Å². The molecule has 28 heavy (non-hydrogen) atoms. The van der Waals surface area contributed by atoms with Gasteiger partial charge in [-0.3, -0.25) is 9.78 Å². The van der Waals surface area contributed by atoms with Crippen molar-refractivity contribution >= 4 is 28.1 Å². The average molecular weight is 421 g/mol. The van der Waals surface area contributed by atoms with Crippen LogP contribution in [0.3, 0.4) is 0 Å². The maximum atomic E-state index is 12.6. The van der Waals surface area contributed by atoms with E-state index in [1.54, 1.807) is 31.6 Å². The molecule has 148 valence electrons. The SMILES string of the molecule is CCOCCNc1ncc(C(c2ccc(Cl)cc2)c2cn(C)c(=O)[nH]c2=O)s1. The Balaban J connectivity index is 1.99. The molecule has 0 radical (unpaired) electrons. The lowest BCUT2D eigenvalue weighted by atomic mass is 9.92. The lowest BCUT2D eigenvalue weighted by Crippen LogP contribution is -2.31. The summed E-state index contributed by atoms with van der Waals surface area (Å²) in [6.07, 6.45) is 3.32. The van der Waals surface area contributed by atoms with Gasteiger partial charge in [0.2, 0.25) is 0 Å². The Bertz CT molecular complexity index is 1040. The molecule has 0 fully saturated rings. The number of H-pyrrole nitrogens is 1. The van der Waals surface area contributed by atoms with Crippen molar-refractivity contribution in [2.75, 3.05) is 25.1 Å². The first-order valence-electron chi connectivity index (χ1n) is 8.82. The van der Waals surface area contributed by atoms with Crippen LogP contribution in [0.4, 0.5) is 5.13 Å². The lowest BCUT2D eigenvalue weighted by Gasteiger charge is -2.16. The average Bonchev–Trinajstić information content (AvgIpc) is 3.13. The molecule has 0 saturated carbocycles. The summed E-state index contributed by atoms with van der Waals surface area (Å²) in [5.41, 5.74) is 0.487. The molecule has 0 aliphatic heterocycles. The first-order chi connectivity index (χ1) is 13.5. The van der Waals surface area contributed by atoms with Crippen molar-refractivity contribution < 1.29 is 4.74 Å². The minimum atomic E-state index is -0.453. The number of aromatic amines is 1. The topological polar surface area (TPSA) is 89.0 Å². The fraction of sp³-hybridized carbons (Fsp3) is 0.316. The number of nitrogens with one attached hydrogen (secondary N) is 2. The summed E-state index contributed by atoms with van der Waals surface area (Å²) >= 11 is 7.49. The summed E-state index contributed by atoms with van der Waals surface area (Å²) in [5, 5.41) is 4.58. The molecule has 0 aliphatic rings. The molecule has 2 heterocycles. The number of thiazole rings is 1. The van der Waals surface area contributed by atoms with Gasteiger partial charge in [-0.2, -0.15) is 0 Å². The molecule has 0 aliphatic carbocycles. The van der Waals surface area contributed by atoms with Gasteiger partial charge in [-0.05, 0) is 24.6 Å². The highest BCUT2D eigenvalue weighted by Gasteiger charge is 2.23. The molecular weight excluding hydrogens is 400 g/mol. The van der Waals surface area contributed by atoms with Gasteiger partial charge in [-0.25, -0.2) is 9.78 Å². The Labute approximate surface area is 171 Å². The third-order valence-corrected chi connectivity index (χ3v) is 5.46. The van der Waals surface area contributed by atoms with Gasteiger partial charge < -0.3 is 14.6 Å². The van der Waals surface area contributed by atoms with Gasteiger partial charge >= 0.3 is 5.69 Å². The van der Waals surface area contributed by atoms with E-state index >= 15 is 0 Å². The third-order valence-electron chi connectivity index (χ3n) is 4.18. The first-order valence-corrected chi connectivity index (χ1v) is 10.0. The Kier molecular flexibility index (Phi) is 6.66. The maximum absolute atomic E-state index is 12.6. The van der Waals surface area contributed by atoms with E-state index < -0.39 is 11.2 Å². The second-order valence-corrected chi connectivity index (χ2v) is 7.63. The summed E-state index contributed by atoms with van der Waals surface area (Å²) < 4.78 is 6.69. The van der Waals surface area contributed by atoms with Crippen molar-refractivity contribution in [2.45, 2.75) is 12.8 Å². The van der Waals surface area contributed by atoms with E-state index in [0.717, 1.165) is 15.6 Å². The van der Waals surface area contributed by atoms with Crippen LogP contribution in [-0.4, -0.2) is 34.3 Å². The molecular formula is C19H21ClN4O3S. The van der Waals surface area contributed by atoms with E-state index in [-0.39, 0.29) is 5.92 Å². The van der Waals surface area contributed by atoms with Crippen LogP contribution in [-0.2, 0) is 11.8 Å².